The zero-order valence-electron chi connectivity index (χ0n) is 10.1. The zero-order chi connectivity index (χ0) is 12.3. The summed E-state index contributed by atoms with van der Waals surface area (Å²) in [5.74, 6) is 0.853. The van der Waals surface area contributed by atoms with Gasteiger partial charge in [0.15, 0.2) is 0 Å². The van der Waals surface area contributed by atoms with E-state index in [0.29, 0.717) is 13.2 Å². The summed E-state index contributed by atoms with van der Waals surface area (Å²) in [6.45, 7) is 4.98. The molecule has 0 saturated heterocycles. The van der Waals surface area contributed by atoms with Gasteiger partial charge in [0.05, 0.1) is 0 Å². The molecule has 2 aromatic rings. The standard InChI is InChI=1S/C13H16N2OS/c1-9-6-13(12(7-14)10(2)15-9)16-8-11-4-3-5-17-11/h3-6H,7-8,14H2,1-2H3. The Morgan fingerprint density at radius 1 is 1.41 bits per heavy atom. The van der Waals surface area contributed by atoms with Gasteiger partial charge in [-0.1, -0.05) is 6.07 Å². The lowest BCUT2D eigenvalue weighted by Crippen LogP contribution is -2.06. The Morgan fingerprint density at radius 2 is 2.24 bits per heavy atom. The number of nitrogens with zero attached hydrogens (tertiary/aromatic N) is 1. The first-order valence-corrected chi connectivity index (χ1v) is 6.41. The first-order chi connectivity index (χ1) is 8.20. The Kier molecular flexibility index (Phi) is 3.76. The van der Waals surface area contributed by atoms with Crippen LogP contribution in [0.25, 0.3) is 0 Å². The molecule has 3 nitrogen and oxygen atoms in total. The van der Waals surface area contributed by atoms with Gasteiger partial charge in [0.2, 0.25) is 0 Å². The molecule has 0 fully saturated rings. The van der Waals surface area contributed by atoms with E-state index in [9.17, 15) is 0 Å². The predicted molar refractivity (Wildman–Crippen MR) is 70.3 cm³/mol. The van der Waals surface area contributed by atoms with Crippen molar-refractivity contribution in [1.82, 2.24) is 4.98 Å². The monoisotopic (exact) mass is 248 g/mol. The van der Waals surface area contributed by atoms with Crippen molar-refractivity contribution in [2.75, 3.05) is 0 Å². The van der Waals surface area contributed by atoms with Crippen LogP contribution in [0.1, 0.15) is 21.8 Å². The summed E-state index contributed by atoms with van der Waals surface area (Å²) in [5.41, 5.74) is 8.64. The number of nitrogens with two attached hydrogens (primary N) is 1. The van der Waals surface area contributed by atoms with Crippen LogP contribution in [0.3, 0.4) is 0 Å². The molecule has 0 bridgehead atoms. The molecule has 0 radical (unpaired) electrons. The van der Waals surface area contributed by atoms with Gasteiger partial charge < -0.3 is 10.5 Å². The molecule has 0 aliphatic rings. The number of thiophene rings is 1. The molecule has 0 unspecified atom stereocenters. The predicted octanol–water partition coefficient (Wildman–Crippen LogP) is 2.80. The zero-order valence-corrected chi connectivity index (χ0v) is 10.9. The van der Waals surface area contributed by atoms with E-state index in [1.807, 2.05) is 31.4 Å². The van der Waals surface area contributed by atoms with E-state index in [-0.39, 0.29) is 0 Å². The maximum absolute atomic E-state index is 5.82. The minimum Gasteiger partial charge on any atom is -0.488 e. The summed E-state index contributed by atoms with van der Waals surface area (Å²) in [7, 11) is 0. The summed E-state index contributed by atoms with van der Waals surface area (Å²) in [6.07, 6.45) is 0. The second-order valence-corrected chi connectivity index (χ2v) is 4.93. The van der Waals surface area contributed by atoms with Gasteiger partial charge in [0.1, 0.15) is 12.4 Å². The Labute approximate surface area is 105 Å². The van der Waals surface area contributed by atoms with E-state index in [2.05, 4.69) is 11.1 Å². The normalized spacial score (nSPS) is 10.5. The van der Waals surface area contributed by atoms with Crippen LogP contribution in [0, 0.1) is 13.8 Å². The van der Waals surface area contributed by atoms with Crippen molar-refractivity contribution in [2.45, 2.75) is 27.0 Å². The molecule has 0 spiro atoms. The first-order valence-electron chi connectivity index (χ1n) is 5.53. The van der Waals surface area contributed by atoms with Crippen LogP contribution < -0.4 is 10.5 Å². The average Bonchev–Trinajstić information content (AvgIpc) is 2.78. The van der Waals surface area contributed by atoms with Crippen LogP contribution in [0.5, 0.6) is 5.75 Å². The fraction of sp³-hybridized carbons (Fsp3) is 0.308. The molecule has 0 aliphatic carbocycles. The van der Waals surface area contributed by atoms with Gasteiger partial charge in [-0.15, -0.1) is 11.3 Å². The quantitative estimate of drug-likeness (QED) is 0.905. The van der Waals surface area contributed by atoms with Crippen LogP contribution >= 0.6 is 11.3 Å². The van der Waals surface area contributed by atoms with Gasteiger partial charge in [-0.05, 0) is 25.3 Å². The van der Waals surface area contributed by atoms with Gasteiger partial charge in [-0.25, -0.2) is 0 Å². The molecule has 90 valence electrons. The van der Waals surface area contributed by atoms with Crippen LogP contribution in [0.15, 0.2) is 23.6 Å². The van der Waals surface area contributed by atoms with Crippen LogP contribution in [-0.2, 0) is 13.2 Å². The molecule has 2 aromatic heterocycles. The van der Waals surface area contributed by atoms with Gasteiger partial charge >= 0.3 is 0 Å². The van der Waals surface area contributed by atoms with E-state index < -0.39 is 0 Å². The third-order valence-electron chi connectivity index (χ3n) is 2.57. The van der Waals surface area contributed by atoms with E-state index in [4.69, 9.17) is 10.5 Å². The van der Waals surface area contributed by atoms with Crippen molar-refractivity contribution >= 4 is 11.3 Å². The van der Waals surface area contributed by atoms with Crippen LogP contribution in [-0.4, -0.2) is 4.98 Å². The fourth-order valence-corrected chi connectivity index (χ4v) is 2.36. The Bertz CT molecular complexity index is 494. The van der Waals surface area contributed by atoms with Crippen molar-refractivity contribution < 1.29 is 4.74 Å². The lowest BCUT2D eigenvalue weighted by atomic mass is 10.1. The fourth-order valence-electron chi connectivity index (χ4n) is 1.74. The van der Waals surface area contributed by atoms with E-state index in [0.717, 1.165) is 22.7 Å². The van der Waals surface area contributed by atoms with Crippen molar-refractivity contribution in [3.05, 3.63) is 45.4 Å². The largest absolute Gasteiger partial charge is 0.488 e. The van der Waals surface area contributed by atoms with Crippen molar-refractivity contribution in [3.63, 3.8) is 0 Å². The highest BCUT2D eigenvalue weighted by Crippen LogP contribution is 2.23. The molecule has 0 amide bonds. The minimum absolute atomic E-state index is 0.457. The maximum Gasteiger partial charge on any atom is 0.127 e. The highest BCUT2D eigenvalue weighted by molar-refractivity contribution is 7.09. The lowest BCUT2D eigenvalue weighted by Gasteiger charge is -2.12. The minimum atomic E-state index is 0.457. The Hall–Kier alpha value is -1.39. The third-order valence-corrected chi connectivity index (χ3v) is 3.42. The van der Waals surface area contributed by atoms with Gasteiger partial charge in [-0.3, -0.25) is 4.98 Å². The molecular weight excluding hydrogens is 232 g/mol. The van der Waals surface area contributed by atoms with E-state index in [1.54, 1.807) is 11.3 Å². The average molecular weight is 248 g/mol. The number of aryl methyl sites for hydroxylation is 2. The summed E-state index contributed by atoms with van der Waals surface area (Å²) in [4.78, 5) is 5.60. The molecule has 0 aliphatic heterocycles. The molecule has 0 saturated carbocycles. The molecule has 4 heteroatoms. The van der Waals surface area contributed by atoms with Gasteiger partial charge in [-0.2, -0.15) is 0 Å². The molecular formula is C13H16N2OS. The van der Waals surface area contributed by atoms with Crippen molar-refractivity contribution in [3.8, 4) is 5.75 Å². The molecule has 2 rings (SSSR count). The van der Waals surface area contributed by atoms with Crippen molar-refractivity contribution in [1.29, 1.82) is 0 Å². The first kappa shape index (κ1) is 12.1. The van der Waals surface area contributed by atoms with E-state index >= 15 is 0 Å². The summed E-state index contributed by atoms with van der Waals surface area (Å²) in [5, 5.41) is 2.05. The lowest BCUT2D eigenvalue weighted by molar-refractivity contribution is 0.305. The molecule has 0 atom stereocenters. The molecule has 2 heterocycles. The summed E-state index contributed by atoms with van der Waals surface area (Å²) in [6, 6.07) is 6.03. The van der Waals surface area contributed by atoms with Crippen LogP contribution in [0.4, 0.5) is 0 Å². The van der Waals surface area contributed by atoms with Gasteiger partial charge in [0.25, 0.3) is 0 Å². The molecule has 17 heavy (non-hydrogen) atoms. The maximum atomic E-state index is 5.82. The number of aromatic nitrogens is 1. The number of hydrogen-bond donors (Lipinski definition) is 1. The van der Waals surface area contributed by atoms with Crippen molar-refractivity contribution in [2.24, 2.45) is 5.73 Å². The SMILES string of the molecule is Cc1cc(OCc2cccs2)c(CN)c(C)n1. The topological polar surface area (TPSA) is 48.1 Å². The van der Waals surface area contributed by atoms with E-state index in [1.165, 1.54) is 4.88 Å². The Balaban J connectivity index is 2.19. The highest BCUT2D eigenvalue weighted by Gasteiger charge is 2.08. The third kappa shape index (κ3) is 2.84. The van der Waals surface area contributed by atoms with Crippen LogP contribution in [0.2, 0.25) is 0 Å². The second kappa shape index (κ2) is 5.29. The smallest absolute Gasteiger partial charge is 0.127 e. The number of rotatable bonds is 4. The van der Waals surface area contributed by atoms with Gasteiger partial charge in [0, 0.05) is 34.4 Å². The summed E-state index contributed by atoms with van der Waals surface area (Å²) >= 11 is 1.69. The summed E-state index contributed by atoms with van der Waals surface area (Å²) < 4.78 is 5.82. The number of hydrogen-bond acceptors (Lipinski definition) is 4. The number of ether oxygens (including phenoxy) is 1. The number of pyridine rings is 1. The highest BCUT2D eigenvalue weighted by atomic mass is 32.1. The second-order valence-electron chi connectivity index (χ2n) is 3.90. The Morgan fingerprint density at radius 3 is 2.88 bits per heavy atom. The molecule has 2 N–H and O–H groups in total. The molecule has 0 aromatic carbocycles.